The molecule has 1 aromatic rings. The van der Waals surface area contributed by atoms with Crippen LogP contribution in [0.1, 0.15) is 12.5 Å². The van der Waals surface area contributed by atoms with E-state index in [1.54, 1.807) is 26.4 Å². The first-order valence-corrected chi connectivity index (χ1v) is 5.24. The van der Waals surface area contributed by atoms with Gasteiger partial charge in [-0.05, 0) is 31.2 Å². The Bertz CT molecular complexity index is 445. The van der Waals surface area contributed by atoms with Crippen LogP contribution >= 0.6 is 0 Å². The van der Waals surface area contributed by atoms with E-state index >= 15 is 0 Å². The Morgan fingerprint density at radius 2 is 1.94 bits per heavy atom. The summed E-state index contributed by atoms with van der Waals surface area (Å²) >= 11 is 0. The van der Waals surface area contributed by atoms with Gasteiger partial charge in [-0.15, -0.1) is 0 Å². The highest BCUT2D eigenvalue weighted by Gasteiger charge is 2.00. The number of carbonyl (C=O) groups is 1. The molecule has 0 saturated carbocycles. The zero-order valence-electron chi connectivity index (χ0n) is 10.3. The number of ether oxygens (including phenoxy) is 2. The van der Waals surface area contributed by atoms with Gasteiger partial charge < -0.3 is 9.47 Å². The first kappa shape index (κ1) is 13.0. The average molecular weight is 232 g/mol. The summed E-state index contributed by atoms with van der Waals surface area (Å²) in [4.78, 5) is 10.7. The van der Waals surface area contributed by atoms with E-state index in [0.29, 0.717) is 0 Å². The highest BCUT2D eigenvalue weighted by molar-refractivity contribution is 5.87. The van der Waals surface area contributed by atoms with Gasteiger partial charge in [-0.1, -0.05) is 18.2 Å². The molecular weight excluding hydrogens is 216 g/mol. The summed E-state index contributed by atoms with van der Waals surface area (Å²) in [5.41, 5.74) is 0.903. The molecule has 0 radical (unpaired) electrons. The second-order valence-corrected chi connectivity index (χ2v) is 3.44. The van der Waals surface area contributed by atoms with Crippen molar-refractivity contribution in [2.75, 3.05) is 14.2 Å². The third-order valence-corrected chi connectivity index (χ3v) is 2.15. The minimum atomic E-state index is 0.0206. The monoisotopic (exact) mass is 232 g/mol. The number of allylic oxidation sites excluding steroid dienone is 3. The van der Waals surface area contributed by atoms with Crippen molar-refractivity contribution in [3.05, 3.63) is 42.0 Å². The Balaban J connectivity index is 2.91. The molecule has 0 aromatic heterocycles. The Hall–Kier alpha value is -2.03. The molecule has 0 saturated heterocycles. The second kappa shape index (κ2) is 6.53. The van der Waals surface area contributed by atoms with Crippen LogP contribution < -0.4 is 9.47 Å². The zero-order chi connectivity index (χ0) is 12.7. The standard InChI is InChI=1S/C14H16O3/c1-11(15)6-4-5-7-12-10-13(16-2)8-9-14(12)17-3/h4-10H,1-3H3/b6-4+,7-5+. The van der Waals surface area contributed by atoms with Crippen LogP contribution in [-0.2, 0) is 4.79 Å². The van der Waals surface area contributed by atoms with E-state index in [1.807, 2.05) is 24.3 Å². The largest absolute Gasteiger partial charge is 0.497 e. The Morgan fingerprint density at radius 1 is 1.18 bits per heavy atom. The molecule has 1 rings (SSSR count). The number of rotatable bonds is 5. The molecule has 0 aliphatic heterocycles. The molecule has 0 amide bonds. The number of hydrogen-bond acceptors (Lipinski definition) is 3. The number of ketones is 1. The van der Waals surface area contributed by atoms with Crippen molar-refractivity contribution in [2.45, 2.75) is 6.92 Å². The van der Waals surface area contributed by atoms with E-state index in [2.05, 4.69) is 0 Å². The minimum Gasteiger partial charge on any atom is -0.497 e. The molecule has 0 fully saturated rings. The molecule has 0 bridgehead atoms. The van der Waals surface area contributed by atoms with E-state index < -0.39 is 0 Å². The summed E-state index contributed by atoms with van der Waals surface area (Å²) in [6.45, 7) is 1.51. The quantitative estimate of drug-likeness (QED) is 0.578. The molecule has 90 valence electrons. The van der Waals surface area contributed by atoms with Crippen molar-refractivity contribution >= 4 is 11.9 Å². The van der Waals surface area contributed by atoms with E-state index in [0.717, 1.165) is 17.1 Å². The van der Waals surface area contributed by atoms with Crippen LogP contribution in [0.5, 0.6) is 11.5 Å². The zero-order valence-corrected chi connectivity index (χ0v) is 10.3. The van der Waals surface area contributed by atoms with Crippen LogP contribution in [0.25, 0.3) is 6.08 Å². The molecule has 1 aromatic carbocycles. The molecule has 17 heavy (non-hydrogen) atoms. The topological polar surface area (TPSA) is 35.5 Å². The maximum atomic E-state index is 10.7. The lowest BCUT2D eigenvalue weighted by Gasteiger charge is -2.06. The van der Waals surface area contributed by atoms with E-state index in [1.165, 1.54) is 13.0 Å². The third kappa shape index (κ3) is 4.15. The van der Waals surface area contributed by atoms with Gasteiger partial charge in [-0.2, -0.15) is 0 Å². The fourth-order valence-corrected chi connectivity index (χ4v) is 1.32. The van der Waals surface area contributed by atoms with E-state index in [4.69, 9.17) is 9.47 Å². The summed E-state index contributed by atoms with van der Waals surface area (Å²) < 4.78 is 10.4. The van der Waals surface area contributed by atoms with Crippen LogP contribution in [0, 0.1) is 0 Å². The summed E-state index contributed by atoms with van der Waals surface area (Å²) in [5.74, 6) is 1.55. The maximum Gasteiger partial charge on any atom is 0.152 e. The third-order valence-electron chi connectivity index (χ3n) is 2.15. The van der Waals surface area contributed by atoms with Gasteiger partial charge in [-0.3, -0.25) is 4.79 Å². The summed E-state index contributed by atoms with van der Waals surface area (Å²) in [5, 5.41) is 0. The fourth-order valence-electron chi connectivity index (χ4n) is 1.32. The van der Waals surface area contributed by atoms with Crippen LogP contribution in [0.3, 0.4) is 0 Å². The van der Waals surface area contributed by atoms with Crippen LogP contribution in [0.2, 0.25) is 0 Å². The predicted molar refractivity (Wildman–Crippen MR) is 68.4 cm³/mol. The Labute approximate surface area is 101 Å². The lowest BCUT2D eigenvalue weighted by Crippen LogP contribution is -1.89. The maximum absolute atomic E-state index is 10.7. The van der Waals surface area contributed by atoms with E-state index in [-0.39, 0.29) is 5.78 Å². The first-order valence-electron chi connectivity index (χ1n) is 5.24. The Kier molecular flexibility index (Phi) is 5.01. The van der Waals surface area contributed by atoms with Gasteiger partial charge in [-0.25, -0.2) is 0 Å². The van der Waals surface area contributed by atoms with Gasteiger partial charge in [0.1, 0.15) is 11.5 Å². The smallest absolute Gasteiger partial charge is 0.152 e. The molecule has 0 N–H and O–H groups in total. The SMILES string of the molecule is COc1ccc(OC)c(/C=C/C=C/C(C)=O)c1. The molecule has 3 nitrogen and oxygen atoms in total. The molecule has 0 atom stereocenters. The molecule has 0 aliphatic rings. The van der Waals surface area contributed by atoms with Gasteiger partial charge in [0.25, 0.3) is 0 Å². The number of methoxy groups -OCH3 is 2. The van der Waals surface area contributed by atoms with Gasteiger partial charge in [0.2, 0.25) is 0 Å². The van der Waals surface area contributed by atoms with Gasteiger partial charge in [0, 0.05) is 5.56 Å². The molecule has 0 aliphatic carbocycles. The van der Waals surface area contributed by atoms with Crippen LogP contribution in [0.4, 0.5) is 0 Å². The van der Waals surface area contributed by atoms with Crippen molar-refractivity contribution in [2.24, 2.45) is 0 Å². The number of hydrogen-bond donors (Lipinski definition) is 0. The van der Waals surface area contributed by atoms with Gasteiger partial charge in [0.15, 0.2) is 5.78 Å². The summed E-state index contributed by atoms with van der Waals surface area (Å²) in [7, 11) is 3.23. The van der Waals surface area contributed by atoms with Crippen molar-refractivity contribution < 1.29 is 14.3 Å². The van der Waals surface area contributed by atoms with Crippen LogP contribution in [0.15, 0.2) is 36.4 Å². The number of carbonyl (C=O) groups excluding carboxylic acids is 1. The molecular formula is C14H16O3. The van der Waals surface area contributed by atoms with Crippen molar-refractivity contribution in [3.63, 3.8) is 0 Å². The van der Waals surface area contributed by atoms with Crippen molar-refractivity contribution in [1.29, 1.82) is 0 Å². The summed E-state index contributed by atoms with van der Waals surface area (Å²) in [6.07, 6.45) is 6.85. The first-order chi connectivity index (χ1) is 8.17. The fraction of sp³-hybridized carbons (Fsp3) is 0.214. The highest BCUT2D eigenvalue weighted by atomic mass is 16.5. The van der Waals surface area contributed by atoms with Gasteiger partial charge in [0.05, 0.1) is 14.2 Å². The predicted octanol–water partition coefficient (Wildman–Crippen LogP) is 2.86. The average Bonchev–Trinajstić information content (AvgIpc) is 2.34. The normalized spacial score (nSPS) is 11.0. The molecule has 3 heteroatoms. The van der Waals surface area contributed by atoms with E-state index in [9.17, 15) is 4.79 Å². The van der Waals surface area contributed by atoms with Crippen LogP contribution in [-0.4, -0.2) is 20.0 Å². The Morgan fingerprint density at radius 3 is 2.53 bits per heavy atom. The van der Waals surface area contributed by atoms with Crippen molar-refractivity contribution in [3.8, 4) is 11.5 Å². The lowest BCUT2D eigenvalue weighted by molar-refractivity contribution is -0.112. The van der Waals surface area contributed by atoms with Crippen molar-refractivity contribution in [1.82, 2.24) is 0 Å². The lowest BCUT2D eigenvalue weighted by atomic mass is 10.1. The highest BCUT2D eigenvalue weighted by Crippen LogP contribution is 2.24. The molecule has 0 unspecified atom stereocenters. The molecule has 0 heterocycles. The minimum absolute atomic E-state index is 0.0206. The number of benzene rings is 1. The summed E-state index contributed by atoms with van der Waals surface area (Å²) in [6, 6.07) is 5.55. The second-order valence-electron chi connectivity index (χ2n) is 3.44. The molecule has 0 spiro atoms. The van der Waals surface area contributed by atoms with Gasteiger partial charge >= 0.3 is 0 Å².